The Kier molecular flexibility index (Phi) is 3.35. The zero-order valence-electron chi connectivity index (χ0n) is 12.5. The van der Waals surface area contributed by atoms with Crippen LogP contribution in [0.5, 0.6) is 0 Å². The van der Waals surface area contributed by atoms with Crippen LogP contribution >= 0.6 is 11.6 Å². The number of halogens is 1. The van der Waals surface area contributed by atoms with Crippen LogP contribution in [0.3, 0.4) is 0 Å². The van der Waals surface area contributed by atoms with Crippen molar-refractivity contribution in [1.29, 1.82) is 0 Å². The average Bonchev–Trinajstić information content (AvgIpc) is 3.21. The molecular formula is C17H14ClN5. The van der Waals surface area contributed by atoms with Crippen molar-refractivity contribution < 1.29 is 0 Å². The predicted octanol–water partition coefficient (Wildman–Crippen LogP) is 3.88. The molecule has 0 radical (unpaired) electrons. The van der Waals surface area contributed by atoms with Crippen molar-refractivity contribution >= 4 is 22.4 Å². The van der Waals surface area contributed by atoms with Gasteiger partial charge in [0.05, 0.1) is 11.7 Å². The maximum atomic E-state index is 6.01. The van der Waals surface area contributed by atoms with Gasteiger partial charge in [0.1, 0.15) is 0 Å². The van der Waals surface area contributed by atoms with Gasteiger partial charge in [-0.2, -0.15) is 0 Å². The molecule has 0 N–H and O–H groups in total. The van der Waals surface area contributed by atoms with Crippen LogP contribution in [0.1, 0.15) is 18.8 Å². The molecule has 2 aromatic heterocycles. The van der Waals surface area contributed by atoms with E-state index >= 15 is 0 Å². The highest BCUT2D eigenvalue weighted by atomic mass is 35.5. The van der Waals surface area contributed by atoms with Gasteiger partial charge in [-0.3, -0.25) is 0 Å². The van der Waals surface area contributed by atoms with Crippen molar-refractivity contribution in [1.82, 2.24) is 24.8 Å². The largest absolute Gasteiger partial charge is 0.343 e. The lowest BCUT2D eigenvalue weighted by atomic mass is 10.2. The SMILES string of the molecule is CC(c1nnn(-c2cccc(Cl)c2)n1)n1cc2ccccc2c1. The molecule has 0 spiro atoms. The van der Waals surface area contributed by atoms with Crippen LogP contribution in [0.15, 0.2) is 60.9 Å². The van der Waals surface area contributed by atoms with Crippen LogP contribution in [0.2, 0.25) is 5.02 Å². The van der Waals surface area contributed by atoms with E-state index in [1.54, 1.807) is 0 Å². The maximum absolute atomic E-state index is 6.01. The smallest absolute Gasteiger partial charge is 0.197 e. The number of rotatable bonds is 3. The minimum Gasteiger partial charge on any atom is -0.343 e. The summed E-state index contributed by atoms with van der Waals surface area (Å²) in [6.45, 7) is 2.05. The molecule has 23 heavy (non-hydrogen) atoms. The number of aromatic nitrogens is 5. The minimum atomic E-state index is -0.00432. The maximum Gasteiger partial charge on any atom is 0.197 e. The van der Waals surface area contributed by atoms with Crippen LogP contribution < -0.4 is 0 Å². The summed E-state index contributed by atoms with van der Waals surface area (Å²) in [4.78, 5) is 1.50. The van der Waals surface area contributed by atoms with Gasteiger partial charge >= 0.3 is 0 Å². The molecular weight excluding hydrogens is 310 g/mol. The molecule has 114 valence electrons. The molecule has 0 aliphatic heterocycles. The van der Waals surface area contributed by atoms with Gasteiger partial charge in [-0.15, -0.1) is 15.0 Å². The molecule has 0 bridgehead atoms. The summed E-state index contributed by atoms with van der Waals surface area (Å²) in [6.07, 6.45) is 4.19. The van der Waals surface area contributed by atoms with Crippen LogP contribution in [0.25, 0.3) is 16.5 Å². The van der Waals surface area contributed by atoms with Crippen LogP contribution in [0.4, 0.5) is 0 Å². The molecule has 2 aromatic carbocycles. The summed E-state index contributed by atoms with van der Waals surface area (Å²) in [5, 5.41) is 15.8. The second-order valence-electron chi connectivity index (χ2n) is 5.43. The minimum absolute atomic E-state index is 0.00432. The van der Waals surface area contributed by atoms with E-state index in [0.29, 0.717) is 10.8 Å². The van der Waals surface area contributed by atoms with Gasteiger partial charge in [-0.1, -0.05) is 41.9 Å². The lowest BCUT2D eigenvalue weighted by molar-refractivity contribution is 0.602. The van der Waals surface area contributed by atoms with E-state index in [2.05, 4.69) is 51.4 Å². The van der Waals surface area contributed by atoms with Gasteiger partial charge in [-0.05, 0) is 41.1 Å². The Morgan fingerprint density at radius 1 is 1.00 bits per heavy atom. The number of nitrogens with zero attached hydrogens (tertiary/aromatic N) is 5. The van der Waals surface area contributed by atoms with Crippen molar-refractivity contribution in [3.05, 3.63) is 71.8 Å². The molecule has 0 saturated carbocycles. The number of benzene rings is 2. The van der Waals surface area contributed by atoms with E-state index in [4.69, 9.17) is 11.6 Å². The standard InChI is InChI=1S/C17H14ClN5/c1-12(22-10-13-5-2-3-6-14(13)11-22)17-19-21-23(20-17)16-8-4-7-15(18)9-16/h2-12H,1H3. The zero-order valence-corrected chi connectivity index (χ0v) is 13.2. The molecule has 1 atom stereocenters. The summed E-state index contributed by atoms with van der Waals surface area (Å²) in [6, 6.07) is 15.6. The van der Waals surface area contributed by atoms with Crippen molar-refractivity contribution in [2.24, 2.45) is 0 Å². The fourth-order valence-electron chi connectivity index (χ4n) is 2.56. The molecule has 2 heterocycles. The summed E-state index contributed by atoms with van der Waals surface area (Å²) in [7, 11) is 0. The molecule has 0 aliphatic carbocycles. The lowest BCUT2D eigenvalue weighted by Gasteiger charge is -2.08. The number of fused-ring (bicyclic) bond motifs is 1. The van der Waals surface area contributed by atoms with Gasteiger partial charge in [0.15, 0.2) is 5.82 Å². The van der Waals surface area contributed by atoms with E-state index in [1.165, 1.54) is 15.6 Å². The first-order valence-corrected chi connectivity index (χ1v) is 7.70. The van der Waals surface area contributed by atoms with E-state index in [0.717, 1.165) is 5.69 Å². The summed E-state index contributed by atoms with van der Waals surface area (Å²) in [5.41, 5.74) is 0.793. The van der Waals surface area contributed by atoms with E-state index in [9.17, 15) is 0 Å². The Morgan fingerprint density at radius 3 is 2.43 bits per heavy atom. The van der Waals surface area contributed by atoms with Gasteiger partial charge in [0, 0.05) is 17.4 Å². The Balaban J connectivity index is 1.68. The van der Waals surface area contributed by atoms with E-state index in [-0.39, 0.29) is 6.04 Å². The van der Waals surface area contributed by atoms with Crippen molar-refractivity contribution in [2.45, 2.75) is 13.0 Å². The summed E-state index contributed by atoms with van der Waals surface area (Å²) < 4.78 is 2.10. The second kappa shape index (κ2) is 5.52. The molecule has 0 aliphatic rings. The highest BCUT2D eigenvalue weighted by Gasteiger charge is 2.15. The fraction of sp³-hybridized carbons (Fsp3) is 0.118. The lowest BCUT2D eigenvalue weighted by Crippen LogP contribution is -2.07. The number of tetrazole rings is 1. The normalized spacial score (nSPS) is 12.6. The summed E-state index contributed by atoms with van der Waals surface area (Å²) >= 11 is 6.01. The molecule has 5 nitrogen and oxygen atoms in total. The molecule has 6 heteroatoms. The molecule has 4 aromatic rings. The first-order chi connectivity index (χ1) is 11.2. The Labute approximate surface area is 138 Å². The first-order valence-electron chi connectivity index (χ1n) is 7.33. The molecule has 0 fully saturated rings. The monoisotopic (exact) mass is 323 g/mol. The van der Waals surface area contributed by atoms with Crippen molar-refractivity contribution in [2.75, 3.05) is 0 Å². The van der Waals surface area contributed by atoms with Gasteiger partial charge in [0.2, 0.25) is 0 Å². The van der Waals surface area contributed by atoms with Gasteiger partial charge in [-0.25, -0.2) is 0 Å². The average molecular weight is 324 g/mol. The zero-order chi connectivity index (χ0) is 15.8. The highest BCUT2D eigenvalue weighted by molar-refractivity contribution is 6.30. The second-order valence-corrected chi connectivity index (χ2v) is 5.86. The first kappa shape index (κ1) is 14.0. The number of hydrogen-bond donors (Lipinski definition) is 0. The fourth-order valence-corrected chi connectivity index (χ4v) is 2.75. The Hall–Kier alpha value is -2.66. The van der Waals surface area contributed by atoms with Crippen LogP contribution in [0, 0.1) is 0 Å². The molecule has 0 amide bonds. The van der Waals surface area contributed by atoms with Crippen molar-refractivity contribution in [3.63, 3.8) is 0 Å². The van der Waals surface area contributed by atoms with Crippen LogP contribution in [-0.4, -0.2) is 24.8 Å². The van der Waals surface area contributed by atoms with Gasteiger partial charge in [0.25, 0.3) is 0 Å². The summed E-state index contributed by atoms with van der Waals surface area (Å²) in [5.74, 6) is 0.658. The Bertz CT molecular complexity index is 939. The third-order valence-corrected chi connectivity index (χ3v) is 4.10. The van der Waals surface area contributed by atoms with Crippen molar-refractivity contribution in [3.8, 4) is 5.69 Å². The van der Waals surface area contributed by atoms with Crippen LogP contribution in [-0.2, 0) is 0 Å². The van der Waals surface area contributed by atoms with Gasteiger partial charge < -0.3 is 4.57 Å². The molecule has 1 unspecified atom stereocenters. The predicted molar refractivity (Wildman–Crippen MR) is 89.9 cm³/mol. The quantitative estimate of drug-likeness (QED) is 0.575. The number of hydrogen-bond acceptors (Lipinski definition) is 3. The third-order valence-electron chi connectivity index (χ3n) is 3.86. The molecule has 4 rings (SSSR count). The van der Waals surface area contributed by atoms with E-state index < -0.39 is 0 Å². The Morgan fingerprint density at radius 2 is 1.74 bits per heavy atom. The highest BCUT2D eigenvalue weighted by Crippen LogP contribution is 2.21. The van der Waals surface area contributed by atoms with E-state index in [1.807, 2.05) is 36.4 Å². The third kappa shape index (κ3) is 2.59. The molecule has 0 saturated heterocycles. The topological polar surface area (TPSA) is 48.5 Å².